The number of nitrogens with zero attached hydrogens (tertiary/aromatic N) is 5. The van der Waals surface area contributed by atoms with E-state index in [1.54, 1.807) is 0 Å². The molecule has 4 rings (SSSR count). The average Bonchev–Trinajstić information content (AvgIpc) is 3.34. The van der Waals surface area contributed by atoms with Crippen molar-refractivity contribution >= 4 is 22.9 Å². The Morgan fingerprint density at radius 2 is 1.96 bits per heavy atom. The number of amides is 1. The molecule has 0 fully saturated rings. The van der Waals surface area contributed by atoms with Crippen molar-refractivity contribution < 1.29 is 4.79 Å². The summed E-state index contributed by atoms with van der Waals surface area (Å²) in [6.07, 6.45) is 6.36. The summed E-state index contributed by atoms with van der Waals surface area (Å²) >= 11 is 1.38. The zero-order chi connectivity index (χ0) is 17.2. The van der Waals surface area contributed by atoms with Gasteiger partial charge < -0.3 is 9.88 Å². The maximum absolute atomic E-state index is 12.4. The van der Waals surface area contributed by atoms with Crippen molar-refractivity contribution in [3.63, 3.8) is 0 Å². The van der Waals surface area contributed by atoms with Gasteiger partial charge in [-0.15, -0.1) is 10.2 Å². The molecule has 0 bridgehead atoms. The van der Waals surface area contributed by atoms with Gasteiger partial charge in [0.1, 0.15) is 10.7 Å². The molecule has 0 aliphatic carbocycles. The Hall–Kier alpha value is -3.00. The number of nitrogens with one attached hydrogen (secondary N) is 1. The van der Waals surface area contributed by atoms with Gasteiger partial charge in [-0.1, -0.05) is 17.4 Å². The Morgan fingerprint density at radius 3 is 2.80 bits per heavy atom. The second-order valence-electron chi connectivity index (χ2n) is 5.55. The van der Waals surface area contributed by atoms with E-state index in [2.05, 4.69) is 20.5 Å². The molecule has 25 heavy (non-hydrogen) atoms. The molecular formula is C17H16N6OS. The largest absolute Gasteiger partial charge is 0.351 e. The molecule has 1 N–H and O–H groups in total. The molecule has 4 heterocycles. The van der Waals surface area contributed by atoms with Gasteiger partial charge in [-0.05, 0) is 31.2 Å². The van der Waals surface area contributed by atoms with Crippen molar-refractivity contribution in [2.45, 2.75) is 13.3 Å². The summed E-state index contributed by atoms with van der Waals surface area (Å²) < 4.78 is 3.82. The van der Waals surface area contributed by atoms with Gasteiger partial charge in [-0.3, -0.25) is 9.20 Å². The first kappa shape index (κ1) is 15.5. The second kappa shape index (κ2) is 6.48. The summed E-state index contributed by atoms with van der Waals surface area (Å²) in [5.41, 5.74) is 1.54. The normalized spacial score (nSPS) is 11.1. The van der Waals surface area contributed by atoms with E-state index in [1.165, 1.54) is 11.3 Å². The first-order valence-corrected chi connectivity index (χ1v) is 8.71. The Balaban J connectivity index is 1.42. The van der Waals surface area contributed by atoms with Crippen LogP contribution < -0.4 is 5.32 Å². The minimum Gasteiger partial charge on any atom is -0.351 e. The second-order valence-corrected chi connectivity index (χ2v) is 6.53. The molecule has 0 aromatic carbocycles. The van der Waals surface area contributed by atoms with Gasteiger partial charge in [0.15, 0.2) is 10.8 Å². The number of pyridine rings is 1. The topological polar surface area (TPSA) is 77.1 Å². The Labute approximate surface area is 148 Å². The number of hydrogen-bond acceptors (Lipinski definition) is 5. The lowest BCUT2D eigenvalue weighted by Crippen LogP contribution is -2.26. The molecule has 0 saturated carbocycles. The first-order chi connectivity index (χ1) is 12.2. The predicted molar refractivity (Wildman–Crippen MR) is 95.2 cm³/mol. The molecule has 7 nitrogen and oxygen atoms in total. The molecule has 0 saturated heterocycles. The minimum atomic E-state index is -0.109. The molecule has 0 aliphatic rings. The molecule has 126 valence electrons. The lowest BCUT2D eigenvalue weighted by molar-refractivity contribution is 0.0957. The number of carbonyl (C=O) groups excluding carboxylic acids is 1. The molecule has 0 radical (unpaired) electrons. The number of thiazole rings is 1. The van der Waals surface area contributed by atoms with E-state index in [1.807, 2.05) is 64.8 Å². The number of carbonyl (C=O) groups is 1. The van der Waals surface area contributed by atoms with Crippen LogP contribution in [-0.4, -0.2) is 36.6 Å². The van der Waals surface area contributed by atoms with Crippen molar-refractivity contribution in [3.8, 4) is 5.13 Å². The van der Waals surface area contributed by atoms with Crippen LogP contribution in [0.15, 0.2) is 48.9 Å². The fourth-order valence-electron chi connectivity index (χ4n) is 2.59. The standard InChI is InChI=1S/C17H16N6OS/c1-12-15(25-17(19-12)22-9-4-5-10-22)16(24)18-8-7-14-21-20-13-6-2-3-11-23(13)14/h2-6,9-11H,7-8H2,1H3,(H,18,24). The van der Waals surface area contributed by atoms with Crippen molar-refractivity contribution in [2.24, 2.45) is 0 Å². The van der Waals surface area contributed by atoms with E-state index in [0.717, 1.165) is 22.3 Å². The van der Waals surface area contributed by atoms with E-state index in [9.17, 15) is 4.79 Å². The predicted octanol–water partition coefficient (Wildman–Crippen LogP) is 2.26. The fourth-order valence-corrected chi connectivity index (χ4v) is 3.55. The summed E-state index contributed by atoms with van der Waals surface area (Å²) in [6, 6.07) is 9.61. The zero-order valence-corrected chi connectivity index (χ0v) is 14.4. The minimum absolute atomic E-state index is 0.109. The highest BCUT2D eigenvalue weighted by Crippen LogP contribution is 2.21. The number of fused-ring (bicyclic) bond motifs is 1. The van der Waals surface area contributed by atoms with Gasteiger partial charge >= 0.3 is 0 Å². The van der Waals surface area contributed by atoms with Crippen LogP contribution in [0.2, 0.25) is 0 Å². The summed E-state index contributed by atoms with van der Waals surface area (Å²) in [5.74, 6) is 0.715. The third-order valence-corrected chi connectivity index (χ3v) is 5.00. The van der Waals surface area contributed by atoms with Crippen LogP contribution in [0.4, 0.5) is 0 Å². The van der Waals surface area contributed by atoms with Gasteiger partial charge in [0.2, 0.25) is 0 Å². The van der Waals surface area contributed by atoms with Crippen LogP contribution in [0.25, 0.3) is 10.8 Å². The van der Waals surface area contributed by atoms with E-state index in [-0.39, 0.29) is 5.91 Å². The van der Waals surface area contributed by atoms with Gasteiger partial charge in [0.05, 0.1) is 5.69 Å². The van der Waals surface area contributed by atoms with E-state index in [4.69, 9.17) is 0 Å². The lowest BCUT2D eigenvalue weighted by Gasteiger charge is -2.03. The van der Waals surface area contributed by atoms with Crippen LogP contribution in [0, 0.1) is 6.92 Å². The van der Waals surface area contributed by atoms with Gasteiger partial charge in [0, 0.05) is 31.6 Å². The van der Waals surface area contributed by atoms with Crippen LogP contribution >= 0.6 is 11.3 Å². The average molecular weight is 352 g/mol. The SMILES string of the molecule is Cc1nc(-n2cccc2)sc1C(=O)NCCc1nnc2ccccn12. The van der Waals surface area contributed by atoms with Gasteiger partial charge in [-0.25, -0.2) is 4.98 Å². The summed E-state index contributed by atoms with van der Waals surface area (Å²) in [6.45, 7) is 2.34. The van der Waals surface area contributed by atoms with E-state index < -0.39 is 0 Å². The molecule has 0 unspecified atom stereocenters. The summed E-state index contributed by atoms with van der Waals surface area (Å²) in [7, 11) is 0. The van der Waals surface area contributed by atoms with Crippen molar-refractivity contribution in [2.75, 3.05) is 6.54 Å². The lowest BCUT2D eigenvalue weighted by atomic mass is 10.3. The monoisotopic (exact) mass is 352 g/mol. The smallest absolute Gasteiger partial charge is 0.263 e. The molecular weight excluding hydrogens is 336 g/mol. The third kappa shape index (κ3) is 3.03. The number of hydrogen-bond donors (Lipinski definition) is 1. The van der Waals surface area contributed by atoms with E-state index in [0.29, 0.717) is 17.8 Å². The molecule has 1 amide bonds. The highest BCUT2D eigenvalue weighted by molar-refractivity contribution is 7.16. The molecule has 4 aromatic rings. The zero-order valence-electron chi connectivity index (χ0n) is 13.6. The van der Waals surface area contributed by atoms with Crippen molar-refractivity contribution in [3.05, 3.63) is 65.3 Å². The van der Waals surface area contributed by atoms with Crippen molar-refractivity contribution in [1.29, 1.82) is 0 Å². The summed E-state index contributed by atoms with van der Waals surface area (Å²) in [4.78, 5) is 17.5. The Morgan fingerprint density at radius 1 is 1.16 bits per heavy atom. The van der Waals surface area contributed by atoms with Crippen LogP contribution in [0.3, 0.4) is 0 Å². The first-order valence-electron chi connectivity index (χ1n) is 7.90. The Bertz CT molecular complexity index is 1020. The van der Waals surface area contributed by atoms with Crippen LogP contribution in [0.1, 0.15) is 21.2 Å². The van der Waals surface area contributed by atoms with Crippen molar-refractivity contribution in [1.82, 2.24) is 29.5 Å². The number of aromatic nitrogens is 5. The van der Waals surface area contributed by atoms with Gasteiger partial charge in [0.25, 0.3) is 5.91 Å². The molecule has 0 spiro atoms. The molecule has 8 heteroatoms. The molecule has 4 aromatic heterocycles. The maximum atomic E-state index is 12.4. The number of rotatable bonds is 5. The number of aryl methyl sites for hydroxylation is 1. The fraction of sp³-hybridized carbons (Fsp3) is 0.176. The van der Waals surface area contributed by atoms with E-state index >= 15 is 0 Å². The Kier molecular flexibility index (Phi) is 4.02. The molecule has 0 atom stereocenters. The quantitative estimate of drug-likeness (QED) is 0.598. The van der Waals surface area contributed by atoms with Crippen LogP contribution in [-0.2, 0) is 6.42 Å². The highest BCUT2D eigenvalue weighted by Gasteiger charge is 2.16. The van der Waals surface area contributed by atoms with Crippen LogP contribution in [0.5, 0.6) is 0 Å². The molecule has 0 aliphatic heterocycles. The highest BCUT2D eigenvalue weighted by atomic mass is 32.1. The maximum Gasteiger partial charge on any atom is 0.263 e. The summed E-state index contributed by atoms with van der Waals surface area (Å²) in [5, 5.41) is 12.0. The third-order valence-electron chi connectivity index (χ3n) is 3.84. The van der Waals surface area contributed by atoms with Gasteiger partial charge in [-0.2, -0.15) is 0 Å².